The minimum atomic E-state index is -0.201. The number of ether oxygens (including phenoxy) is 1. The van der Waals surface area contributed by atoms with Gasteiger partial charge in [0, 0.05) is 17.1 Å². The molecule has 1 aliphatic carbocycles. The second-order valence-electron chi connectivity index (χ2n) is 4.32. The van der Waals surface area contributed by atoms with Crippen LogP contribution in [0.3, 0.4) is 0 Å². The molecule has 0 saturated carbocycles. The molecule has 1 aliphatic heterocycles. The fraction of sp³-hybridized carbons (Fsp3) is 0.214. The summed E-state index contributed by atoms with van der Waals surface area (Å²) in [6, 6.07) is 7.78. The molecule has 0 saturated heterocycles. The van der Waals surface area contributed by atoms with E-state index in [1.54, 1.807) is 0 Å². The first-order chi connectivity index (χ1) is 7.75. The molecule has 1 heterocycles. The lowest BCUT2D eigenvalue weighted by atomic mass is 9.81. The Hall–Kier alpha value is -1.83. The summed E-state index contributed by atoms with van der Waals surface area (Å²) in [5.41, 5.74) is 3.21. The molecule has 1 unspecified atom stereocenters. The molecule has 0 fully saturated rings. The average Bonchev–Trinajstić information content (AvgIpc) is 2.29. The Bertz CT molecular complexity index is 523. The summed E-state index contributed by atoms with van der Waals surface area (Å²) >= 11 is 0. The van der Waals surface area contributed by atoms with Crippen LogP contribution < -0.4 is 4.74 Å². The van der Waals surface area contributed by atoms with Gasteiger partial charge >= 0.3 is 5.97 Å². The number of hydrogen-bond acceptors (Lipinski definition) is 2. The van der Waals surface area contributed by atoms with Gasteiger partial charge in [-0.2, -0.15) is 0 Å². The molecule has 0 N–H and O–H groups in total. The van der Waals surface area contributed by atoms with E-state index in [4.69, 9.17) is 4.74 Å². The molecule has 3 rings (SSSR count). The van der Waals surface area contributed by atoms with Gasteiger partial charge in [-0.05, 0) is 19.4 Å². The van der Waals surface area contributed by atoms with E-state index in [1.165, 1.54) is 5.57 Å². The van der Waals surface area contributed by atoms with Gasteiger partial charge in [-0.3, -0.25) is 0 Å². The molecule has 1 aromatic rings. The number of hydrogen-bond donors (Lipinski definition) is 0. The normalized spacial score (nSPS) is 22.6. The maximum Gasteiger partial charge on any atom is 0.340 e. The van der Waals surface area contributed by atoms with Crippen molar-refractivity contribution in [3.63, 3.8) is 0 Å². The number of allylic oxidation sites excluding steroid dienone is 3. The number of esters is 1. The number of para-hydroxylation sites is 1. The number of carbonyl (C=O) groups excluding carboxylic acids is 1. The molecule has 16 heavy (non-hydrogen) atoms. The summed E-state index contributed by atoms with van der Waals surface area (Å²) in [5, 5.41) is 0. The minimum absolute atomic E-state index is 0.183. The van der Waals surface area contributed by atoms with E-state index in [0.717, 1.165) is 17.6 Å². The molecule has 80 valence electrons. The molecule has 1 atom stereocenters. The molecule has 0 spiro atoms. The summed E-state index contributed by atoms with van der Waals surface area (Å²) in [5.74, 6) is 0.694. The predicted octanol–water partition coefficient (Wildman–Crippen LogP) is 2.97. The lowest BCUT2D eigenvalue weighted by Crippen LogP contribution is -2.25. The van der Waals surface area contributed by atoms with Gasteiger partial charge in [0.25, 0.3) is 0 Å². The summed E-state index contributed by atoms with van der Waals surface area (Å²) in [6.07, 6.45) is 4.81. The number of benzene rings is 1. The Morgan fingerprint density at radius 3 is 2.94 bits per heavy atom. The van der Waals surface area contributed by atoms with Gasteiger partial charge in [-0.1, -0.05) is 35.9 Å². The van der Waals surface area contributed by atoms with Crippen molar-refractivity contribution in [1.29, 1.82) is 0 Å². The van der Waals surface area contributed by atoms with E-state index >= 15 is 0 Å². The van der Waals surface area contributed by atoms with Gasteiger partial charge in [0.1, 0.15) is 5.75 Å². The second-order valence-corrected chi connectivity index (χ2v) is 4.32. The SMILES string of the molecule is CC1=CC=C2C(=O)Oc3ccccc3C2C1. The summed E-state index contributed by atoms with van der Waals surface area (Å²) in [4.78, 5) is 11.8. The lowest BCUT2D eigenvalue weighted by molar-refractivity contribution is -0.131. The van der Waals surface area contributed by atoms with Crippen molar-refractivity contribution in [1.82, 2.24) is 0 Å². The molecule has 2 heteroatoms. The van der Waals surface area contributed by atoms with E-state index in [1.807, 2.05) is 36.4 Å². The first-order valence-corrected chi connectivity index (χ1v) is 5.44. The minimum Gasteiger partial charge on any atom is -0.423 e. The van der Waals surface area contributed by atoms with Gasteiger partial charge in [0.2, 0.25) is 0 Å². The van der Waals surface area contributed by atoms with Gasteiger partial charge in [0.15, 0.2) is 0 Å². The van der Waals surface area contributed by atoms with Crippen LogP contribution in [-0.4, -0.2) is 5.97 Å². The average molecular weight is 212 g/mol. The maximum absolute atomic E-state index is 11.8. The number of rotatable bonds is 0. The maximum atomic E-state index is 11.8. The van der Waals surface area contributed by atoms with Crippen LogP contribution in [0.25, 0.3) is 0 Å². The van der Waals surface area contributed by atoms with Gasteiger partial charge in [0.05, 0.1) is 0 Å². The number of fused-ring (bicyclic) bond motifs is 3. The van der Waals surface area contributed by atoms with E-state index < -0.39 is 0 Å². The highest BCUT2D eigenvalue weighted by atomic mass is 16.5. The monoisotopic (exact) mass is 212 g/mol. The van der Waals surface area contributed by atoms with Crippen LogP contribution >= 0.6 is 0 Å². The fourth-order valence-corrected chi connectivity index (χ4v) is 2.36. The summed E-state index contributed by atoms with van der Waals surface area (Å²) < 4.78 is 5.30. The quantitative estimate of drug-likeness (QED) is 0.488. The van der Waals surface area contributed by atoms with Crippen molar-refractivity contribution >= 4 is 5.97 Å². The van der Waals surface area contributed by atoms with Crippen molar-refractivity contribution in [2.24, 2.45) is 0 Å². The third kappa shape index (κ3) is 1.30. The van der Waals surface area contributed by atoms with Crippen LogP contribution in [-0.2, 0) is 4.79 Å². The molecule has 0 bridgehead atoms. The Labute approximate surface area is 94.2 Å². The third-order valence-electron chi connectivity index (χ3n) is 3.18. The van der Waals surface area contributed by atoms with Crippen molar-refractivity contribution in [2.45, 2.75) is 19.3 Å². The van der Waals surface area contributed by atoms with Crippen LogP contribution in [0.15, 0.2) is 47.6 Å². The van der Waals surface area contributed by atoms with Gasteiger partial charge < -0.3 is 4.74 Å². The molecule has 0 radical (unpaired) electrons. The highest BCUT2D eigenvalue weighted by Crippen LogP contribution is 2.42. The van der Waals surface area contributed by atoms with Crippen LogP contribution in [0, 0.1) is 0 Å². The lowest BCUT2D eigenvalue weighted by Gasteiger charge is -2.29. The zero-order chi connectivity index (χ0) is 11.1. The Morgan fingerprint density at radius 1 is 1.25 bits per heavy atom. The second kappa shape index (κ2) is 3.34. The number of carbonyl (C=O) groups is 1. The first-order valence-electron chi connectivity index (χ1n) is 5.44. The molecular formula is C14H12O2. The first kappa shape index (κ1) is 9.40. The van der Waals surface area contributed by atoms with Crippen LogP contribution in [0.5, 0.6) is 5.75 Å². The molecule has 2 nitrogen and oxygen atoms in total. The largest absolute Gasteiger partial charge is 0.423 e. The fourth-order valence-electron chi connectivity index (χ4n) is 2.36. The van der Waals surface area contributed by atoms with Crippen LogP contribution in [0.2, 0.25) is 0 Å². The Kier molecular flexibility index (Phi) is 1.96. The highest BCUT2D eigenvalue weighted by molar-refractivity contribution is 5.95. The molecule has 2 aliphatic rings. The highest BCUT2D eigenvalue weighted by Gasteiger charge is 2.33. The van der Waals surface area contributed by atoms with E-state index in [0.29, 0.717) is 5.75 Å². The molecular weight excluding hydrogens is 200 g/mol. The predicted molar refractivity (Wildman–Crippen MR) is 61.3 cm³/mol. The van der Waals surface area contributed by atoms with Crippen LogP contribution in [0.1, 0.15) is 24.8 Å². The van der Waals surface area contributed by atoms with Crippen molar-refractivity contribution < 1.29 is 9.53 Å². The summed E-state index contributed by atoms with van der Waals surface area (Å²) in [6.45, 7) is 2.09. The smallest absolute Gasteiger partial charge is 0.340 e. The Morgan fingerprint density at radius 2 is 2.06 bits per heavy atom. The molecule has 0 aromatic heterocycles. The standard InChI is InChI=1S/C14H12O2/c1-9-6-7-11-12(8-9)10-4-2-3-5-13(10)16-14(11)15/h2-7,12H,8H2,1H3. The van der Waals surface area contributed by atoms with E-state index in [2.05, 4.69) is 6.92 Å². The topological polar surface area (TPSA) is 26.3 Å². The van der Waals surface area contributed by atoms with Crippen LogP contribution in [0.4, 0.5) is 0 Å². The van der Waals surface area contributed by atoms with Gasteiger partial charge in [-0.25, -0.2) is 4.79 Å². The van der Waals surface area contributed by atoms with Crippen molar-refractivity contribution in [2.75, 3.05) is 0 Å². The Balaban J connectivity index is 2.16. The third-order valence-corrected chi connectivity index (χ3v) is 3.18. The van der Waals surface area contributed by atoms with E-state index in [-0.39, 0.29) is 11.9 Å². The molecule has 0 amide bonds. The van der Waals surface area contributed by atoms with Crippen molar-refractivity contribution in [3.05, 3.63) is 53.1 Å². The van der Waals surface area contributed by atoms with E-state index in [9.17, 15) is 4.79 Å². The van der Waals surface area contributed by atoms with Gasteiger partial charge in [-0.15, -0.1) is 0 Å². The zero-order valence-electron chi connectivity index (χ0n) is 9.07. The zero-order valence-corrected chi connectivity index (χ0v) is 9.07. The van der Waals surface area contributed by atoms with Crippen molar-refractivity contribution in [3.8, 4) is 5.75 Å². The summed E-state index contributed by atoms with van der Waals surface area (Å²) in [7, 11) is 0. The molecule has 1 aromatic carbocycles.